The first-order valence-electron chi connectivity index (χ1n) is 9.35. The molecular weight excluding hydrogens is 419 g/mol. The summed E-state index contributed by atoms with van der Waals surface area (Å²) < 4.78 is 49.0. The van der Waals surface area contributed by atoms with Gasteiger partial charge in [0.25, 0.3) is 0 Å². The van der Waals surface area contributed by atoms with E-state index < -0.39 is 23.6 Å². The number of carbonyl (C=O) groups excluding carboxylic acids is 1. The van der Waals surface area contributed by atoms with Gasteiger partial charge in [0, 0.05) is 30.6 Å². The Balaban J connectivity index is 2.24. The summed E-state index contributed by atoms with van der Waals surface area (Å²) in [6.45, 7) is 7.43. The number of carbonyl (C=O) groups is 1. The van der Waals surface area contributed by atoms with Gasteiger partial charge in [0.15, 0.2) is 0 Å². The van der Waals surface area contributed by atoms with Crippen LogP contribution in [0.2, 0.25) is 0 Å². The Kier molecular flexibility index (Phi) is 7.81. The number of alkyl halides is 3. The quantitative estimate of drug-likeness (QED) is 0.639. The Morgan fingerprint density at radius 1 is 1.27 bits per heavy atom. The van der Waals surface area contributed by atoms with Gasteiger partial charge in [-0.05, 0) is 45.7 Å². The van der Waals surface area contributed by atoms with Gasteiger partial charge in [0.2, 0.25) is 0 Å². The molecule has 2 heterocycles. The standard InChI is InChI=1S/C20H26F3N3O3S/c1-12(25-18(27)29-19(2,3)4)8-15(17-26-14(10-28-5)11-30-17)13-6-7-16(24-9-13)20(21,22)23/h6-7,9,11-12,15H,8,10H2,1-5H3,(H,25,27)/t12-,15?/m1/s1. The van der Waals surface area contributed by atoms with Crippen LogP contribution in [0, 0.1) is 0 Å². The third-order valence-corrected chi connectivity index (χ3v) is 5.00. The van der Waals surface area contributed by atoms with Crippen LogP contribution in [0.25, 0.3) is 0 Å². The Labute approximate surface area is 177 Å². The minimum absolute atomic E-state index is 0.318. The molecule has 2 rings (SSSR count). The number of halogens is 3. The van der Waals surface area contributed by atoms with Crippen molar-refractivity contribution in [3.05, 3.63) is 45.7 Å². The fraction of sp³-hybridized carbons (Fsp3) is 0.550. The van der Waals surface area contributed by atoms with Crippen molar-refractivity contribution >= 4 is 17.4 Å². The van der Waals surface area contributed by atoms with E-state index in [2.05, 4.69) is 15.3 Å². The van der Waals surface area contributed by atoms with Gasteiger partial charge >= 0.3 is 12.3 Å². The molecule has 166 valence electrons. The van der Waals surface area contributed by atoms with E-state index in [0.29, 0.717) is 23.6 Å². The van der Waals surface area contributed by atoms with Gasteiger partial charge in [-0.3, -0.25) is 4.98 Å². The van der Waals surface area contributed by atoms with Crippen LogP contribution in [0.5, 0.6) is 0 Å². The zero-order chi connectivity index (χ0) is 22.5. The summed E-state index contributed by atoms with van der Waals surface area (Å²) in [5, 5.41) is 5.32. The van der Waals surface area contributed by atoms with Gasteiger partial charge < -0.3 is 14.8 Å². The highest BCUT2D eigenvalue weighted by Crippen LogP contribution is 2.33. The van der Waals surface area contributed by atoms with Crippen molar-refractivity contribution in [1.82, 2.24) is 15.3 Å². The Hall–Kier alpha value is -2.20. The first-order valence-corrected chi connectivity index (χ1v) is 10.2. The second-order valence-electron chi connectivity index (χ2n) is 7.92. The number of methoxy groups -OCH3 is 1. The van der Waals surface area contributed by atoms with Crippen LogP contribution in [-0.2, 0) is 22.3 Å². The third kappa shape index (κ3) is 7.24. The Morgan fingerprint density at radius 3 is 2.50 bits per heavy atom. The van der Waals surface area contributed by atoms with Crippen molar-refractivity contribution in [2.75, 3.05) is 7.11 Å². The molecule has 1 unspecified atom stereocenters. The number of hydrogen-bond donors (Lipinski definition) is 1. The molecule has 1 N–H and O–H groups in total. The van der Waals surface area contributed by atoms with Crippen molar-refractivity contribution in [3.63, 3.8) is 0 Å². The maximum atomic E-state index is 12.9. The van der Waals surface area contributed by atoms with Crippen molar-refractivity contribution in [2.45, 2.75) is 64.5 Å². The highest BCUT2D eigenvalue weighted by Gasteiger charge is 2.33. The zero-order valence-electron chi connectivity index (χ0n) is 17.5. The van der Waals surface area contributed by atoms with Crippen LogP contribution in [0.3, 0.4) is 0 Å². The molecule has 0 aliphatic rings. The topological polar surface area (TPSA) is 73.3 Å². The van der Waals surface area contributed by atoms with E-state index >= 15 is 0 Å². The molecule has 0 saturated heterocycles. The van der Waals surface area contributed by atoms with Crippen LogP contribution < -0.4 is 5.32 Å². The van der Waals surface area contributed by atoms with E-state index in [4.69, 9.17) is 9.47 Å². The molecule has 10 heteroatoms. The van der Waals surface area contributed by atoms with Crippen molar-refractivity contribution in [2.24, 2.45) is 0 Å². The largest absolute Gasteiger partial charge is 0.444 e. The molecule has 0 aliphatic heterocycles. The van der Waals surface area contributed by atoms with E-state index in [-0.39, 0.29) is 12.0 Å². The lowest BCUT2D eigenvalue weighted by Crippen LogP contribution is -2.38. The number of nitrogens with zero attached hydrogens (tertiary/aromatic N) is 2. The maximum absolute atomic E-state index is 12.9. The predicted octanol–water partition coefficient (Wildman–Crippen LogP) is 5.14. The molecule has 30 heavy (non-hydrogen) atoms. The number of rotatable bonds is 7. The van der Waals surface area contributed by atoms with Gasteiger partial charge in [-0.2, -0.15) is 13.2 Å². The summed E-state index contributed by atoms with van der Waals surface area (Å²) >= 11 is 1.39. The number of aromatic nitrogens is 2. The van der Waals surface area contributed by atoms with Gasteiger partial charge in [-0.1, -0.05) is 6.07 Å². The monoisotopic (exact) mass is 445 g/mol. The summed E-state index contributed by atoms with van der Waals surface area (Å²) in [4.78, 5) is 20.2. The van der Waals surface area contributed by atoms with Crippen LogP contribution in [0.4, 0.5) is 18.0 Å². The molecule has 2 aromatic heterocycles. The van der Waals surface area contributed by atoms with Gasteiger partial charge in [-0.15, -0.1) is 11.3 Å². The number of ether oxygens (including phenoxy) is 2. The predicted molar refractivity (Wildman–Crippen MR) is 107 cm³/mol. The number of nitrogens with one attached hydrogen (secondary N) is 1. The summed E-state index contributed by atoms with van der Waals surface area (Å²) in [5.41, 5.74) is -0.274. The minimum Gasteiger partial charge on any atom is -0.444 e. The summed E-state index contributed by atoms with van der Waals surface area (Å²) in [5.74, 6) is -0.347. The molecular formula is C20H26F3N3O3S. The first-order chi connectivity index (χ1) is 13.9. The average Bonchev–Trinajstić information content (AvgIpc) is 3.06. The highest BCUT2D eigenvalue weighted by molar-refractivity contribution is 7.09. The second-order valence-corrected chi connectivity index (χ2v) is 8.81. The molecule has 0 radical (unpaired) electrons. The fourth-order valence-electron chi connectivity index (χ4n) is 2.78. The number of hydrogen-bond acceptors (Lipinski definition) is 6. The number of pyridine rings is 1. The van der Waals surface area contributed by atoms with Gasteiger partial charge in [0.1, 0.15) is 16.3 Å². The molecule has 0 aliphatic carbocycles. The summed E-state index contributed by atoms with van der Waals surface area (Å²) in [6, 6.07) is 2.04. The van der Waals surface area contributed by atoms with E-state index in [0.717, 1.165) is 11.8 Å². The van der Waals surface area contributed by atoms with Crippen LogP contribution in [0.1, 0.15) is 62.0 Å². The number of thiazole rings is 1. The fourth-order valence-corrected chi connectivity index (χ4v) is 3.72. The molecule has 0 saturated carbocycles. The lowest BCUT2D eigenvalue weighted by atomic mass is 9.94. The number of amides is 1. The van der Waals surface area contributed by atoms with Gasteiger partial charge in [-0.25, -0.2) is 9.78 Å². The molecule has 2 atom stereocenters. The van der Waals surface area contributed by atoms with Crippen LogP contribution in [0.15, 0.2) is 23.7 Å². The molecule has 6 nitrogen and oxygen atoms in total. The molecule has 0 aromatic carbocycles. The van der Waals surface area contributed by atoms with E-state index in [1.54, 1.807) is 34.8 Å². The Bertz CT molecular complexity index is 832. The highest BCUT2D eigenvalue weighted by atomic mass is 32.1. The van der Waals surface area contributed by atoms with E-state index in [1.807, 2.05) is 5.38 Å². The molecule has 1 amide bonds. The minimum atomic E-state index is -4.51. The first kappa shape index (κ1) is 24.1. The molecule has 0 spiro atoms. The third-order valence-electron chi connectivity index (χ3n) is 3.99. The normalized spacial score (nSPS) is 14.3. The Morgan fingerprint density at radius 2 is 1.97 bits per heavy atom. The maximum Gasteiger partial charge on any atom is 0.433 e. The molecule has 2 aromatic rings. The molecule has 0 bridgehead atoms. The van der Waals surface area contributed by atoms with Crippen molar-refractivity contribution < 1.29 is 27.4 Å². The van der Waals surface area contributed by atoms with E-state index in [1.165, 1.54) is 23.6 Å². The van der Waals surface area contributed by atoms with Crippen LogP contribution >= 0.6 is 11.3 Å². The van der Waals surface area contributed by atoms with Crippen molar-refractivity contribution in [1.29, 1.82) is 0 Å². The smallest absolute Gasteiger partial charge is 0.433 e. The zero-order valence-corrected chi connectivity index (χ0v) is 18.4. The molecule has 0 fully saturated rings. The SMILES string of the molecule is COCc1csc(C(C[C@@H](C)NC(=O)OC(C)(C)C)c2ccc(C(F)(F)F)nc2)n1. The summed E-state index contributed by atoms with van der Waals surface area (Å²) in [6.07, 6.45) is -3.44. The average molecular weight is 446 g/mol. The number of alkyl carbamates (subject to hydrolysis) is 1. The van der Waals surface area contributed by atoms with Crippen molar-refractivity contribution in [3.8, 4) is 0 Å². The van der Waals surface area contributed by atoms with Crippen LogP contribution in [-0.4, -0.2) is 34.8 Å². The second kappa shape index (κ2) is 9.74. The van der Waals surface area contributed by atoms with E-state index in [9.17, 15) is 18.0 Å². The lowest BCUT2D eigenvalue weighted by molar-refractivity contribution is -0.141. The lowest BCUT2D eigenvalue weighted by Gasteiger charge is -2.24. The summed E-state index contributed by atoms with van der Waals surface area (Å²) in [7, 11) is 1.56. The van der Waals surface area contributed by atoms with Gasteiger partial charge in [0.05, 0.1) is 12.3 Å².